The summed E-state index contributed by atoms with van der Waals surface area (Å²) < 4.78 is 29.7. The zero-order chi connectivity index (χ0) is 19.3. The quantitative estimate of drug-likeness (QED) is 0.183. The summed E-state index contributed by atoms with van der Waals surface area (Å²) in [6.45, 7) is 3.89. The standard InChI is InChI=1S/C21H45NO3S/c1-2-3-4-5-6-7-8-9-10-11-12-13-14-15-16-17-19-22-20-18-21-26(23,24)25/h22H,2-21H2,1H3,(H,23,24,25). The molecule has 0 aliphatic heterocycles. The molecule has 0 unspecified atom stereocenters. The largest absolute Gasteiger partial charge is 0.317 e. The molecule has 26 heavy (non-hydrogen) atoms. The van der Waals surface area contributed by atoms with Gasteiger partial charge in [0.15, 0.2) is 0 Å². The number of nitrogens with one attached hydrogen (secondary N) is 1. The predicted molar refractivity (Wildman–Crippen MR) is 113 cm³/mol. The summed E-state index contributed by atoms with van der Waals surface area (Å²) in [6.07, 6.45) is 22.5. The Labute approximate surface area is 163 Å². The SMILES string of the molecule is CCCCCCCCCCCCCCCCCCNCCCS(=O)(=O)O. The van der Waals surface area contributed by atoms with E-state index in [0.29, 0.717) is 13.0 Å². The van der Waals surface area contributed by atoms with Gasteiger partial charge in [0.1, 0.15) is 0 Å². The highest BCUT2D eigenvalue weighted by molar-refractivity contribution is 7.85. The highest BCUT2D eigenvalue weighted by Gasteiger charge is 2.02. The van der Waals surface area contributed by atoms with Gasteiger partial charge in [0.05, 0.1) is 5.75 Å². The Morgan fingerprint density at radius 1 is 0.577 bits per heavy atom. The fraction of sp³-hybridized carbons (Fsp3) is 1.00. The molecule has 0 aromatic heterocycles. The van der Waals surface area contributed by atoms with E-state index in [-0.39, 0.29) is 5.75 Å². The molecule has 0 saturated heterocycles. The lowest BCUT2D eigenvalue weighted by atomic mass is 10.0. The molecule has 0 fully saturated rings. The van der Waals surface area contributed by atoms with Crippen LogP contribution in [0.25, 0.3) is 0 Å². The number of rotatable bonds is 21. The Hall–Kier alpha value is -0.130. The van der Waals surface area contributed by atoms with Gasteiger partial charge in [-0.05, 0) is 25.9 Å². The van der Waals surface area contributed by atoms with E-state index in [1.54, 1.807) is 0 Å². The van der Waals surface area contributed by atoms with Gasteiger partial charge in [0.25, 0.3) is 10.1 Å². The molecular formula is C21H45NO3S. The molecule has 158 valence electrons. The van der Waals surface area contributed by atoms with E-state index in [1.165, 1.54) is 96.3 Å². The summed E-state index contributed by atoms with van der Waals surface area (Å²) >= 11 is 0. The number of unbranched alkanes of at least 4 members (excludes halogenated alkanes) is 15. The van der Waals surface area contributed by atoms with Crippen LogP contribution in [0, 0.1) is 0 Å². The Kier molecular flexibility index (Phi) is 19.5. The first kappa shape index (κ1) is 25.9. The van der Waals surface area contributed by atoms with Gasteiger partial charge in [0.2, 0.25) is 0 Å². The molecule has 2 N–H and O–H groups in total. The van der Waals surface area contributed by atoms with Crippen LogP contribution >= 0.6 is 0 Å². The summed E-state index contributed by atoms with van der Waals surface area (Å²) in [6, 6.07) is 0. The maximum absolute atomic E-state index is 10.6. The zero-order valence-electron chi connectivity index (χ0n) is 17.3. The second-order valence-electron chi connectivity index (χ2n) is 7.69. The first-order valence-corrected chi connectivity index (χ1v) is 12.8. The van der Waals surface area contributed by atoms with Gasteiger partial charge in [-0.1, -0.05) is 103 Å². The van der Waals surface area contributed by atoms with Crippen LogP contribution in [0.3, 0.4) is 0 Å². The summed E-state index contributed by atoms with van der Waals surface area (Å²) in [5.74, 6) is -0.140. The lowest BCUT2D eigenvalue weighted by Crippen LogP contribution is -2.19. The van der Waals surface area contributed by atoms with Crippen LogP contribution in [0.1, 0.15) is 116 Å². The average molecular weight is 392 g/mol. The molecule has 5 heteroatoms. The third-order valence-electron chi connectivity index (χ3n) is 4.96. The molecule has 4 nitrogen and oxygen atoms in total. The molecule has 0 spiro atoms. The minimum Gasteiger partial charge on any atom is -0.317 e. The van der Waals surface area contributed by atoms with Crippen molar-refractivity contribution < 1.29 is 13.0 Å². The van der Waals surface area contributed by atoms with Gasteiger partial charge in [0, 0.05) is 0 Å². The van der Waals surface area contributed by atoms with E-state index in [1.807, 2.05) is 0 Å². The molecule has 0 heterocycles. The molecule has 0 saturated carbocycles. The summed E-state index contributed by atoms with van der Waals surface area (Å²) in [4.78, 5) is 0. The van der Waals surface area contributed by atoms with Crippen LogP contribution in [-0.4, -0.2) is 31.8 Å². The van der Waals surface area contributed by atoms with Crippen LogP contribution < -0.4 is 5.32 Å². The summed E-state index contributed by atoms with van der Waals surface area (Å²) in [5.41, 5.74) is 0. The first-order valence-electron chi connectivity index (χ1n) is 11.2. The van der Waals surface area contributed by atoms with Crippen LogP contribution in [-0.2, 0) is 10.1 Å². The molecule has 0 amide bonds. The van der Waals surface area contributed by atoms with Crippen molar-refractivity contribution in [3.63, 3.8) is 0 Å². The van der Waals surface area contributed by atoms with Crippen molar-refractivity contribution in [3.8, 4) is 0 Å². The molecule has 0 bridgehead atoms. The minimum atomic E-state index is -3.79. The summed E-state index contributed by atoms with van der Waals surface area (Å²) in [7, 11) is -3.79. The second-order valence-corrected chi connectivity index (χ2v) is 9.26. The van der Waals surface area contributed by atoms with Crippen LogP contribution in [0.4, 0.5) is 0 Å². The van der Waals surface area contributed by atoms with Gasteiger partial charge < -0.3 is 5.32 Å². The zero-order valence-corrected chi connectivity index (χ0v) is 18.1. The van der Waals surface area contributed by atoms with Crippen molar-refractivity contribution in [2.24, 2.45) is 0 Å². The predicted octanol–water partition coefficient (Wildman–Crippen LogP) is 6.12. The minimum absolute atomic E-state index is 0.140. The third-order valence-corrected chi connectivity index (χ3v) is 5.77. The van der Waals surface area contributed by atoms with Gasteiger partial charge in [-0.2, -0.15) is 8.42 Å². The molecule has 0 aliphatic carbocycles. The lowest BCUT2D eigenvalue weighted by molar-refractivity contribution is 0.479. The van der Waals surface area contributed by atoms with Crippen molar-refractivity contribution in [2.75, 3.05) is 18.8 Å². The van der Waals surface area contributed by atoms with Crippen LogP contribution in [0.5, 0.6) is 0 Å². The second kappa shape index (κ2) is 19.6. The third kappa shape index (κ3) is 23.9. The highest BCUT2D eigenvalue weighted by atomic mass is 32.2. The van der Waals surface area contributed by atoms with E-state index >= 15 is 0 Å². The Morgan fingerprint density at radius 3 is 1.31 bits per heavy atom. The fourth-order valence-corrected chi connectivity index (χ4v) is 3.81. The molecule has 0 aliphatic rings. The van der Waals surface area contributed by atoms with Crippen molar-refractivity contribution in [3.05, 3.63) is 0 Å². The molecule has 0 aromatic rings. The monoisotopic (exact) mass is 391 g/mol. The van der Waals surface area contributed by atoms with Gasteiger partial charge in [-0.3, -0.25) is 4.55 Å². The molecule has 0 rings (SSSR count). The summed E-state index contributed by atoms with van der Waals surface area (Å²) in [5, 5.41) is 3.23. The van der Waals surface area contributed by atoms with Gasteiger partial charge >= 0.3 is 0 Å². The Bertz CT molecular complexity index is 371. The molecule has 0 radical (unpaired) electrons. The van der Waals surface area contributed by atoms with Crippen molar-refractivity contribution >= 4 is 10.1 Å². The number of hydrogen-bond acceptors (Lipinski definition) is 3. The maximum atomic E-state index is 10.6. The smallest absolute Gasteiger partial charge is 0.264 e. The van der Waals surface area contributed by atoms with Crippen molar-refractivity contribution in [1.29, 1.82) is 0 Å². The van der Waals surface area contributed by atoms with E-state index in [2.05, 4.69) is 12.2 Å². The average Bonchev–Trinajstić information content (AvgIpc) is 2.59. The maximum Gasteiger partial charge on any atom is 0.264 e. The van der Waals surface area contributed by atoms with E-state index < -0.39 is 10.1 Å². The molecule has 0 atom stereocenters. The van der Waals surface area contributed by atoms with Gasteiger partial charge in [-0.15, -0.1) is 0 Å². The highest BCUT2D eigenvalue weighted by Crippen LogP contribution is 2.13. The Balaban J connectivity index is 3.03. The van der Waals surface area contributed by atoms with E-state index in [9.17, 15) is 8.42 Å². The first-order chi connectivity index (χ1) is 12.6. The topological polar surface area (TPSA) is 66.4 Å². The van der Waals surface area contributed by atoms with Crippen molar-refractivity contribution in [1.82, 2.24) is 5.32 Å². The van der Waals surface area contributed by atoms with Crippen LogP contribution in [0.2, 0.25) is 0 Å². The Morgan fingerprint density at radius 2 is 0.923 bits per heavy atom. The van der Waals surface area contributed by atoms with Crippen molar-refractivity contribution in [2.45, 2.75) is 116 Å². The molecular weight excluding hydrogens is 346 g/mol. The number of hydrogen-bond donors (Lipinski definition) is 2. The fourth-order valence-electron chi connectivity index (χ4n) is 3.30. The van der Waals surface area contributed by atoms with E-state index in [0.717, 1.165) is 13.0 Å². The van der Waals surface area contributed by atoms with Gasteiger partial charge in [-0.25, -0.2) is 0 Å². The lowest BCUT2D eigenvalue weighted by Gasteiger charge is -2.05. The molecule has 0 aromatic carbocycles. The normalized spacial score (nSPS) is 11.9. The van der Waals surface area contributed by atoms with E-state index in [4.69, 9.17) is 4.55 Å². The van der Waals surface area contributed by atoms with Crippen LogP contribution in [0.15, 0.2) is 0 Å².